The van der Waals surface area contributed by atoms with Crippen LogP contribution in [-0.4, -0.2) is 47.5 Å². The first-order chi connectivity index (χ1) is 11.7. The highest BCUT2D eigenvalue weighted by Crippen LogP contribution is 2.22. The van der Waals surface area contributed by atoms with Crippen molar-refractivity contribution >= 4 is 17.8 Å². The van der Waals surface area contributed by atoms with Crippen molar-refractivity contribution in [2.24, 2.45) is 0 Å². The molecule has 1 fully saturated rings. The maximum atomic E-state index is 13.6. The van der Waals surface area contributed by atoms with E-state index < -0.39 is 41.9 Å². The molecule has 1 aromatic carbocycles. The van der Waals surface area contributed by atoms with Crippen molar-refractivity contribution in [1.82, 2.24) is 4.90 Å². The minimum atomic E-state index is -0.789. The van der Waals surface area contributed by atoms with Gasteiger partial charge in [0.15, 0.2) is 6.61 Å². The van der Waals surface area contributed by atoms with Crippen molar-refractivity contribution in [3.8, 4) is 0 Å². The number of ketones is 1. The number of hydrogen-bond donors (Lipinski definition) is 0. The first-order valence-corrected chi connectivity index (χ1v) is 8.13. The molecule has 0 saturated carbocycles. The van der Waals surface area contributed by atoms with Gasteiger partial charge in [0.1, 0.15) is 17.5 Å². The molecular formula is C18H22FNO5. The normalized spacial score (nSPS) is 17.3. The Morgan fingerprint density at radius 1 is 1.24 bits per heavy atom. The summed E-state index contributed by atoms with van der Waals surface area (Å²) in [5.74, 6) is -1.99. The molecule has 1 atom stereocenters. The molecule has 0 N–H and O–H groups in total. The summed E-state index contributed by atoms with van der Waals surface area (Å²) in [5, 5.41) is 0. The molecule has 0 aromatic heterocycles. The van der Waals surface area contributed by atoms with Gasteiger partial charge in [-0.3, -0.25) is 9.69 Å². The molecule has 7 heteroatoms. The lowest BCUT2D eigenvalue weighted by molar-refractivity contribution is -0.147. The van der Waals surface area contributed by atoms with Gasteiger partial charge in [-0.1, -0.05) is 12.1 Å². The fraction of sp³-hybridized carbons (Fsp3) is 0.500. The van der Waals surface area contributed by atoms with E-state index in [1.165, 1.54) is 23.1 Å². The zero-order valence-corrected chi connectivity index (χ0v) is 14.6. The van der Waals surface area contributed by atoms with E-state index in [-0.39, 0.29) is 5.56 Å². The molecule has 0 bridgehead atoms. The van der Waals surface area contributed by atoms with Crippen LogP contribution in [0.5, 0.6) is 0 Å². The molecule has 0 spiro atoms. The lowest BCUT2D eigenvalue weighted by Gasteiger charge is -2.27. The number of likely N-dealkylation sites (tertiary alicyclic amines) is 1. The number of carbonyl (C=O) groups excluding carboxylic acids is 3. The Morgan fingerprint density at radius 2 is 1.92 bits per heavy atom. The average Bonchev–Trinajstić information content (AvgIpc) is 3.01. The molecule has 1 heterocycles. The third-order valence-electron chi connectivity index (χ3n) is 3.67. The predicted octanol–water partition coefficient (Wildman–Crippen LogP) is 2.95. The summed E-state index contributed by atoms with van der Waals surface area (Å²) in [4.78, 5) is 37.7. The van der Waals surface area contributed by atoms with Crippen molar-refractivity contribution in [1.29, 1.82) is 0 Å². The highest BCUT2D eigenvalue weighted by Gasteiger charge is 2.37. The summed E-state index contributed by atoms with van der Waals surface area (Å²) in [6.07, 6.45) is 0.485. The Bertz CT molecular complexity index is 668. The summed E-state index contributed by atoms with van der Waals surface area (Å²) in [5.41, 5.74) is -0.805. The number of ether oxygens (including phenoxy) is 2. The van der Waals surface area contributed by atoms with E-state index in [1.54, 1.807) is 20.8 Å². The van der Waals surface area contributed by atoms with Crippen LogP contribution in [0.15, 0.2) is 24.3 Å². The van der Waals surface area contributed by atoms with Gasteiger partial charge in [0.25, 0.3) is 0 Å². The Kier molecular flexibility index (Phi) is 5.77. The van der Waals surface area contributed by atoms with Gasteiger partial charge < -0.3 is 9.47 Å². The molecule has 0 radical (unpaired) electrons. The minimum Gasteiger partial charge on any atom is -0.456 e. The Balaban J connectivity index is 1.94. The second-order valence-corrected chi connectivity index (χ2v) is 6.84. The van der Waals surface area contributed by atoms with E-state index in [0.29, 0.717) is 19.4 Å². The molecule has 0 unspecified atom stereocenters. The van der Waals surface area contributed by atoms with E-state index in [0.717, 1.165) is 6.07 Å². The zero-order valence-electron chi connectivity index (χ0n) is 14.6. The van der Waals surface area contributed by atoms with E-state index in [4.69, 9.17) is 9.47 Å². The summed E-state index contributed by atoms with van der Waals surface area (Å²) in [7, 11) is 0. The van der Waals surface area contributed by atoms with Crippen LogP contribution in [0.3, 0.4) is 0 Å². The van der Waals surface area contributed by atoms with E-state index >= 15 is 0 Å². The lowest BCUT2D eigenvalue weighted by atomic mass is 10.1. The van der Waals surface area contributed by atoms with Crippen LogP contribution < -0.4 is 0 Å². The quantitative estimate of drug-likeness (QED) is 0.616. The predicted molar refractivity (Wildman–Crippen MR) is 87.7 cm³/mol. The average molecular weight is 351 g/mol. The highest BCUT2D eigenvalue weighted by molar-refractivity contribution is 5.98. The van der Waals surface area contributed by atoms with Crippen LogP contribution in [0, 0.1) is 5.82 Å². The molecule has 0 aliphatic carbocycles. The van der Waals surface area contributed by atoms with Gasteiger partial charge in [-0.2, -0.15) is 0 Å². The molecule has 136 valence electrons. The number of benzene rings is 1. The first kappa shape index (κ1) is 18.9. The topological polar surface area (TPSA) is 72.9 Å². The van der Waals surface area contributed by atoms with Gasteiger partial charge in [-0.25, -0.2) is 14.0 Å². The maximum absolute atomic E-state index is 13.6. The number of nitrogens with zero attached hydrogens (tertiary/aromatic N) is 1. The third-order valence-corrected chi connectivity index (χ3v) is 3.67. The summed E-state index contributed by atoms with van der Waals surface area (Å²) < 4.78 is 23.8. The van der Waals surface area contributed by atoms with Gasteiger partial charge in [-0.15, -0.1) is 0 Å². The molecule has 1 amide bonds. The van der Waals surface area contributed by atoms with E-state index in [2.05, 4.69) is 0 Å². The molecule has 25 heavy (non-hydrogen) atoms. The molecule has 1 aliphatic heterocycles. The fourth-order valence-corrected chi connectivity index (χ4v) is 2.55. The van der Waals surface area contributed by atoms with Gasteiger partial charge in [0.05, 0.1) is 5.56 Å². The van der Waals surface area contributed by atoms with Crippen LogP contribution >= 0.6 is 0 Å². The van der Waals surface area contributed by atoms with E-state index in [9.17, 15) is 18.8 Å². The van der Waals surface area contributed by atoms with Crippen molar-refractivity contribution in [3.05, 3.63) is 35.6 Å². The van der Waals surface area contributed by atoms with Crippen molar-refractivity contribution < 1.29 is 28.2 Å². The first-order valence-electron chi connectivity index (χ1n) is 8.13. The molecular weight excluding hydrogens is 329 g/mol. The number of esters is 1. The summed E-state index contributed by atoms with van der Waals surface area (Å²) in [6, 6.07) is 4.70. The van der Waals surface area contributed by atoms with Crippen LogP contribution in [-0.2, 0) is 14.3 Å². The SMILES string of the molecule is CC(C)(C)OC(=O)N1CCC[C@H]1C(=O)OCC(=O)c1ccccc1F. The molecule has 1 aliphatic rings. The van der Waals surface area contributed by atoms with Crippen LogP contribution in [0.1, 0.15) is 44.0 Å². The number of amides is 1. The fourth-order valence-electron chi connectivity index (χ4n) is 2.55. The number of carbonyl (C=O) groups is 3. The van der Waals surface area contributed by atoms with Crippen molar-refractivity contribution in [3.63, 3.8) is 0 Å². The van der Waals surface area contributed by atoms with Gasteiger partial charge in [0.2, 0.25) is 5.78 Å². The number of halogens is 1. The smallest absolute Gasteiger partial charge is 0.411 e. The van der Waals surface area contributed by atoms with Gasteiger partial charge >= 0.3 is 12.1 Å². The second-order valence-electron chi connectivity index (χ2n) is 6.84. The highest BCUT2D eigenvalue weighted by atomic mass is 19.1. The Morgan fingerprint density at radius 3 is 2.56 bits per heavy atom. The van der Waals surface area contributed by atoms with E-state index in [1.807, 2.05) is 0 Å². The number of rotatable bonds is 4. The van der Waals surface area contributed by atoms with Gasteiger partial charge in [-0.05, 0) is 45.7 Å². The standard InChI is InChI=1S/C18H22FNO5/c1-18(2,3)25-17(23)20-10-6-9-14(20)16(22)24-11-15(21)12-7-4-5-8-13(12)19/h4-5,7-8,14H,6,9-11H2,1-3H3/t14-/m0/s1. The Labute approximate surface area is 145 Å². The maximum Gasteiger partial charge on any atom is 0.411 e. The number of hydrogen-bond acceptors (Lipinski definition) is 5. The van der Waals surface area contributed by atoms with Crippen molar-refractivity contribution in [2.45, 2.75) is 45.3 Å². The van der Waals surface area contributed by atoms with Crippen LogP contribution in [0.2, 0.25) is 0 Å². The molecule has 6 nitrogen and oxygen atoms in total. The van der Waals surface area contributed by atoms with Crippen LogP contribution in [0.4, 0.5) is 9.18 Å². The monoisotopic (exact) mass is 351 g/mol. The Hall–Kier alpha value is -2.44. The van der Waals surface area contributed by atoms with Crippen LogP contribution in [0.25, 0.3) is 0 Å². The van der Waals surface area contributed by atoms with Gasteiger partial charge in [0, 0.05) is 6.54 Å². The molecule has 1 aromatic rings. The lowest BCUT2D eigenvalue weighted by Crippen LogP contribution is -2.44. The third kappa shape index (κ3) is 5.01. The molecule has 2 rings (SSSR count). The minimum absolute atomic E-state index is 0.134. The van der Waals surface area contributed by atoms with Crippen molar-refractivity contribution in [2.75, 3.05) is 13.2 Å². The zero-order chi connectivity index (χ0) is 18.6. The molecule has 1 saturated heterocycles. The largest absolute Gasteiger partial charge is 0.456 e. The number of Topliss-reactive ketones (excluding diaryl/α,β-unsaturated/α-hetero) is 1. The summed E-state index contributed by atoms with van der Waals surface area (Å²) >= 11 is 0. The second kappa shape index (κ2) is 7.63. The summed E-state index contributed by atoms with van der Waals surface area (Å²) in [6.45, 7) is 5.03.